The molecule has 110 valence electrons. The van der Waals surface area contributed by atoms with Crippen LogP contribution in [0, 0.1) is 0 Å². The number of rotatable bonds is 2. The van der Waals surface area contributed by atoms with Crippen LogP contribution in [0.15, 0.2) is 24.3 Å². The Morgan fingerprint density at radius 3 is 2.40 bits per heavy atom. The van der Waals surface area contributed by atoms with E-state index >= 15 is 0 Å². The summed E-state index contributed by atoms with van der Waals surface area (Å²) in [7, 11) is 0. The van der Waals surface area contributed by atoms with Crippen LogP contribution in [-0.2, 0) is 0 Å². The Bertz CT molecular complexity index is 446. The highest BCUT2D eigenvalue weighted by Gasteiger charge is 2.31. The van der Waals surface area contributed by atoms with Crippen LogP contribution in [0.1, 0.15) is 25.7 Å². The average molecular weight is 295 g/mol. The summed E-state index contributed by atoms with van der Waals surface area (Å²) in [6.45, 7) is 4.03. The van der Waals surface area contributed by atoms with Gasteiger partial charge in [0.05, 0.1) is 16.8 Å². The lowest BCUT2D eigenvalue weighted by Gasteiger charge is -2.43. The van der Waals surface area contributed by atoms with E-state index in [0.717, 1.165) is 49.7 Å². The van der Waals surface area contributed by atoms with Crippen LogP contribution in [0.5, 0.6) is 0 Å². The normalized spacial score (nSPS) is 28.6. The topological polar surface area (TPSA) is 26.7 Å². The molecular weight excluding hydrogens is 272 g/mol. The fourth-order valence-electron chi connectivity index (χ4n) is 3.52. The Balaban J connectivity index is 1.61. The summed E-state index contributed by atoms with van der Waals surface area (Å²) in [6, 6.07) is 8.43. The minimum Gasteiger partial charge on any atom is -0.391 e. The number of hydrogen-bond acceptors (Lipinski definition) is 3. The molecule has 1 heterocycles. The fraction of sp³-hybridized carbons (Fsp3) is 0.625. The van der Waals surface area contributed by atoms with Gasteiger partial charge in [-0.25, -0.2) is 0 Å². The van der Waals surface area contributed by atoms with E-state index in [-0.39, 0.29) is 6.10 Å². The molecule has 3 nitrogen and oxygen atoms in total. The van der Waals surface area contributed by atoms with Crippen LogP contribution in [-0.4, -0.2) is 48.3 Å². The lowest BCUT2D eigenvalue weighted by atomic mass is 9.91. The van der Waals surface area contributed by atoms with Gasteiger partial charge in [-0.05, 0) is 25.0 Å². The van der Waals surface area contributed by atoms with Gasteiger partial charge in [0.1, 0.15) is 0 Å². The molecule has 4 heteroatoms. The Hall–Kier alpha value is -0.770. The average Bonchev–Trinajstić information content (AvgIpc) is 2.49. The van der Waals surface area contributed by atoms with Crippen LogP contribution in [0.3, 0.4) is 0 Å². The minimum absolute atomic E-state index is 0.129. The SMILES string of the molecule is OC1CCCCC1N1CCN(c2ccccc2Cl)CC1. The first kappa shape index (κ1) is 14.2. The number of halogens is 1. The summed E-state index contributed by atoms with van der Waals surface area (Å²) < 4.78 is 0. The zero-order valence-corrected chi connectivity index (χ0v) is 12.6. The van der Waals surface area contributed by atoms with Crippen LogP contribution in [0.4, 0.5) is 5.69 Å². The summed E-state index contributed by atoms with van der Waals surface area (Å²) in [4.78, 5) is 4.82. The van der Waals surface area contributed by atoms with E-state index in [1.165, 1.54) is 12.8 Å². The third-order valence-electron chi connectivity index (χ3n) is 4.67. The van der Waals surface area contributed by atoms with Crippen LogP contribution in [0.25, 0.3) is 0 Å². The first-order valence-electron chi connectivity index (χ1n) is 7.67. The third-order valence-corrected chi connectivity index (χ3v) is 4.99. The van der Waals surface area contributed by atoms with Crippen molar-refractivity contribution >= 4 is 17.3 Å². The largest absolute Gasteiger partial charge is 0.391 e. The summed E-state index contributed by atoms with van der Waals surface area (Å²) in [5.74, 6) is 0. The predicted octanol–water partition coefficient (Wildman–Crippen LogP) is 2.77. The Kier molecular flexibility index (Phi) is 4.49. The molecule has 2 unspecified atom stereocenters. The third kappa shape index (κ3) is 2.95. The van der Waals surface area contributed by atoms with Gasteiger partial charge in [0.15, 0.2) is 0 Å². The Morgan fingerprint density at radius 2 is 1.70 bits per heavy atom. The second-order valence-corrected chi connectivity index (χ2v) is 6.30. The van der Waals surface area contributed by atoms with Gasteiger partial charge in [-0.15, -0.1) is 0 Å². The van der Waals surface area contributed by atoms with Crippen LogP contribution in [0.2, 0.25) is 5.02 Å². The molecule has 1 aromatic carbocycles. The number of hydrogen-bond donors (Lipinski definition) is 1. The fourth-order valence-corrected chi connectivity index (χ4v) is 3.78. The Morgan fingerprint density at radius 1 is 1.00 bits per heavy atom. The summed E-state index contributed by atoms with van der Waals surface area (Å²) in [5, 5.41) is 11.0. The van der Waals surface area contributed by atoms with E-state index in [1.807, 2.05) is 18.2 Å². The van der Waals surface area contributed by atoms with Crippen molar-refractivity contribution < 1.29 is 5.11 Å². The van der Waals surface area contributed by atoms with Gasteiger partial charge in [0, 0.05) is 32.2 Å². The first-order chi connectivity index (χ1) is 9.75. The van der Waals surface area contributed by atoms with Crippen molar-refractivity contribution in [1.82, 2.24) is 4.90 Å². The maximum absolute atomic E-state index is 10.2. The summed E-state index contributed by atoms with van der Waals surface area (Å²) in [5.41, 5.74) is 1.14. The molecule has 2 atom stereocenters. The quantitative estimate of drug-likeness (QED) is 0.908. The minimum atomic E-state index is -0.129. The first-order valence-corrected chi connectivity index (χ1v) is 8.05. The molecule has 1 aromatic rings. The Labute approximate surface area is 126 Å². The van der Waals surface area contributed by atoms with Gasteiger partial charge in [0.25, 0.3) is 0 Å². The molecule has 0 radical (unpaired) electrons. The molecule has 3 rings (SSSR count). The summed E-state index contributed by atoms with van der Waals surface area (Å²) in [6.07, 6.45) is 4.42. The van der Waals surface area contributed by atoms with Gasteiger partial charge in [-0.1, -0.05) is 36.6 Å². The van der Waals surface area contributed by atoms with Gasteiger partial charge in [0.2, 0.25) is 0 Å². The van der Waals surface area contributed by atoms with Gasteiger partial charge < -0.3 is 10.0 Å². The zero-order valence-electron chi connectivity index (χ0n) is 11.8. The van der Waals surface area contributed by atoms with Crippen molar-refractivity contribution in [2.45, 2.75) is 37.8 Å². The molecule has 1 N–H and O–H groups in total. The molecule has 1 aliphatic heterocycles. The van der Waals surface area contributed by atoms with Gasteiger partial charge >= 0.3 is 0 Å². The molecule has 0 spiro atoms. The highest BCUT2D eigenvalue weighted by atomic mass is 35.5. The van der Waals surface area contributed by atoms with E-state index < -0.39 is 0 Å². The van der Waals surface area contributed by atoms with E-state index in [0.29, 0.717) is 6.04 Å². The maximum atomic E-state index is 10.2. The van der Waals surface area contributed by atoms with Crippen molar-refractivity contribution in [3.8, 4) is 0 Å². The molecule has 2 aliphatic rings. The maximum Gasteiger partial charge on any atom is 0.0695 e. The highest BCUT2D eigenvalue weighted by Crippen LogP contribution is 2.28. The zero-order chi connectivity index (χ0) is 13.9. The van der Waals surface area contributed by atoms with E-state index in [4.69, 9.17) is 11.6 Å². The number of benzene rings is 1. The number of nitrogens with zero attached hydrogens (tertiary/aromatic N) is 2. The molecule has 0 aromatic heterocycles. The van der Waals surface area contributed by atoms with E-state index in [2.05, 4.69) is 15.9 Å². The smallest absolute Gasteiger partial charge is 0.0695 e. The van der Waals surface area contributed by atoms with Crippen molar-refractivity contribution in [1.29, 1.82) is 0 Å². The monoisotopic (exact) mass is 294 g/mol. The van der Waals surface area contributed by atoms with Crippen molar-refractivity contribution in [3.05, 3.63) is 29.3 Å². The standard InChI is InChI=1S/C16H23ClN2O/c17-13-5-1-2-6-14(13)18-9-11-19(12-10-18)15-7-3-4-8-16(15)20/h1-2,5-6,15-16,20H,3-4,7-12H2. The van der Waals surface area contributed by atoms with Crippen LogP contribution < -0.4 is 4.90 Å². The molecule has 0 bridgehead atoms. The molecular formula is C16H23ClN2O. The van der Waals surface area contributed by atoms with Crippen molar-refractivity contribution in [3.63, 3.8) is 0 Å². The molecule has 1 aliphatic carbocycles. The van der Waals surface area contributed by atoms with E-state index in [9.17, 15) is 5.11 Å². The summed E-state index contributed by atoms with van der Waals surface area (Å²) >= 11 is 6.27. The van der Waals surface area contributed by atoms with E-state index in [1.54, 1.807) is 0 Å². The van der Waals surface area contributed by atoms with Gasteiger partial charge in [-0.2, -0.15) is 0 Å². The molecule has 2 fully saturated rings. The lowest BCUT2D eigenvalue weighted by Crippen LogP contribution is -2.54. The van der Waals surface area contributed by atoms with Crippen LogP contribution >= 0.6 is 11.6 Å². The molecule has 1 saturated carbocycles. The number of anilines is 1. The second-order valence-electron chi connectivity index (χ2n) is 5.89. The lowest BCUT2D eigenvalue weighted by molar-refractivity contribution is 0.0173. The van der Waals surface area contributed by atoms with Crippen molar-refractivity contribution in [2.75, 3.05) is 31.1 Å². The molecule has 20 heavy (non-hydrogen) atoms. The highest BCUT2D eigenvalue weighted by molar-refractivity contribution is 6.33. The second kappa shape index (κ2) is 6.33. The number of aliphatic hydroxyl groups is 1. The van der Waals surface area contributed by atoms with Gasteiger partial charge in [-0.3, -0.25) is 4.90 Å². The molecule has 0 amide bonds. The molecule has 1 saturated heterocycles. The van der Waals surface area contributed by atoms with Crippen molar-refractivity contribution in [2.24, 2.45) is 0 Å². The number of aliphatic hydroxyl groups excluding tert-OH is 1. The number of para-hydroxylation sites is 1. The number of piperazine rings is 1. The predicted molar refractivity (Wildman–Crippen MR) is 83.5 cm³/mol.